The molecule has 0 aliphatic rings. The van der Waals surface area contributed by atoms with E-state index in [1.54, 1.807) is 0 Å². The molecule has 2 N–H and O–H groups in total. The monoisotopic (exact) mass is 374 g/mol. The molecule has 1 rings (SSSR count). The van der Waals surface area contributed by atoms with Crippen LogP contribution in [0.25, 0.3) is 0 Å². The van der Waals surface area contributed by atoms with E-state index in [0.29, 0.717) is 5.75 Å². The van der Waals surface area contributed by atoms with Gasteiger partial charge in [-0.1, -0.05) is 66.5 Å². The van der Waals surface area contributed by atoms with Crippen LogP contribution in [0.4, 0.5) is 0 Å². The minimum Gasteiger partial charge on any atom is -0.507 e. The van der Waals surface area contributed by atoms with Crippen LogP contribution >= 0.6 is 0 Å². The Hall–Kier alpha value is -1.35. The lowest BCUT2D eigenvalue weighted by Crippen LogP contribution is -2.18. The Balaban J connectivity index is 2.64. The predicted octanol–water partition coefficient (Wildman–Crippen LogP) is 5.77. The van der Waals surface area contributed by atoms with Gasteiger partial charge in [-0.3, -0.25) is 4.99 Å². The normalized spacial score (nSPS) is 12.9. The first kappa shape index (κ1) is 23.7. The van der Waals surface area contributed by atoms with Crippen molar-refractivity contribution in [2.75, 3.05) is 20.1 Å². The first-order valence-corrected chi connectivity index (χ1v) is 10.6. The summed E-state index contributed by atoms with van der Waals surface area (Å²) in [6.45, 7) is 15.0. The lowest BCUT2D eigenvalue weighted by molar-refractivity contribution is 0.422. The summed E-state index contributed by atoms with van der Waals surface area (Å²) < 4.78 is 0. The topological polar surface area (TPSA) is 44.6 Å². The van der Waals surface area contributed by atoms with Crippen LogP contribution in [0.2, 0.25) is 0 Å². The number of hydrogen-bond donors (Lipinski definition) is 2. The van der Waals surface area contributed by atoms with Gasteiger partial charge in [0.1, 0.15) is 5.75 Å². The van der Waals surface area contributed by atoms with Gasteiger partial charge in [0, 0.05) is 6.54 Å². The highest BCUT2D eigenvalue weighted by Crippen LogP contribution is 2.39. The lowest BCUT2D eigenvalue weighted by atomic mass is 9.78. The molecule has 0 saturated heterocycles. The number of aromatic hydroxyl groups is 1. The minimum atomic E-state index is -0.0680. The maximum absolute atomic E-state index is 10.8. The fourth-order valence-corrected chi connectivity index (χ4v) is 3.25. The molecule has 0 aromatic heterocycles. The Morgan fingerprint density at radius 2 is 1.48 bits per heavy atom. The number of aliphatic imine (C=N–C) groups is 1. The van der Waals surface area contributed by atoms with Crippen molar-refractivity contribution in [2.45, 2.75) is 90.9 Å². The summed E-state index contributed by atoms with van der Waals surface area (Å²) in [7, 11) is 2.01. The molecule has 27 heavy (non-hydrogen) atoms. The zero-order valence-electron chi connectivity index (χ0n) is 18.8. The number of unbranched alkanes of at least 4 members (excludes halogenated alkanes) is 3. The minimum absolute atomic E-state index is 0.0680. The van der Waals surface area contributed by atoms with Crippen LogP contribution < -0.4 is 5.32 Å². The summed E-state index contributed by atoms with van der Waals surface area (Å²) in [6.07, 6.45) is 8.99. The van der Waals surface area contributed by atoms with Crippen molar-refractivity contribution in [1.82, 2.24) is 5.32 Å². The van der Waals surface area contributed by atoms with E-state index >= 15 is 0 Å². The zero-order chi connectivity index (χ0) is 20.5. The van der Waals surface area contributed by atoms with Gasteiger partial charge in [-0.25, -0.2) is 0 Å². The molecule has 0 radical (unpaired) electrons. The van der Waals surface area contributed by atoms with E-state index in [-0.39, 0.29) is 10.8 Å². The second-order valence-electron chi connectivity index (χ2n) is 9.68. The molecule has 1 aromatic rings. The molecular formula is C24H42N2O. The lowest BCUT2D eigenvalue weighted by Gasteiger charge is -2.28. The zero-order valence-corrected chi connectivity index (χ0v) is 18.8. The van der Waals surface area contributed by atoms with Crippen LogP contribution in [-0.4, -0.2) is 31.5 Å². The second-order valence-corrected chi connectivity index (χ2v) is 9.68. The number of aryl methyl sites for hydroxylation is 1. The maximum atomic E-state index is 10.8. The van der Waals surface area contributed by atoms with E-state index in [1.165, 1.54) is 31.2 Å². The molecule has 3 heteroatoms. The molecule has 0 aliphatic heterocycles. The van der Waals surface area contributed by atoms with E-state index in [0.717, 1.165) is 37.1 Å². The van der Waals surface area contributed by atoms with Gasteiger partial charge in [0.25, 0.3) is 0 Å². The van der Waals surface area contributed by atoms with Gasteiger partial charge in [0.2, 0.25) is 0 Å². The smallest absolute Gasteiger partial charge is 0.123 e. The van der Waals surface area contributed by atoms with Gasteiger partial charge >= 0.3 is 0 Å². The summed E-state index contributed by atoms with van der Waals surface area (Å²) in [4.78, 5) is 4.57. The van der Waals surface area contributed by atoms with Crippen molar-refractivity contribution < 1.29 is 5.11 Å². The number of rotatable bonds is 10. The molecule has 0 amide bonds. The summed E-state index contributed by atoms with van der Waals surface area (Å²) in [5.74, 6) is 0.464. The third-order valence-electron chi connectivity index (χ3n) is 4.94. The van der Waals surface area contributed by atoms with Crippen molar-refractivity contribution in [3.05, 3.63) is 28.8 Å². The Bertz CT molecular complexity index is 556. The summed E-state index contributed by atoms with van der Waals surface area (Å²) in [5, 5.41) is 14.0. The van der Waals surface area contributed by atoms with Crippen LogP contribution in [0, 0.1) is 0 Å². The molecule has 0 unspecified atom stereocenters. The fourth-order valence-electron chi connectivity index (χ4n) is 3.25. The first-order chi connectivity index (χ1) is 12.6. The van der Waals surface area contributed by atoms with E-state index in [1.807, 2.05) is 7.05 Å². The van der Waals surface area contributed by atoms with Crippen LogP contribution in [0.15, 0.2) is 17.1 Å². The average Bonchev–Trinajstić information content (AvgIpc) is 2.55. The Morgan fingerprint density at radius 1 is 0.926 bits per heavy atom. The van der Waals surface area contributed by atoms with Gasteiger partial charge in [-0.05, 0) is 73.0 Å². The maximum Gasteiger partial charge on any atom is 0.123 e. The summed E-state index contributed by atoms with van der Waals surface area (Å²) in [6, 6.07) is 4.36. The average molecular weight is 375 g/mol. The van der Waals surface area contributed by atoms with Crippen LogP contribution in [0.3, 0.4) is 0 Å². The molecule has 0 fully saturated rings. The number of nitrogens with one attached hydrogen (secondary N) is 1. The molecule has 0 atom stereocenters. The molecule has 0 spiro atoms. The van der Waals surface area contributed by atoms with Crippen molar-refractivity contribution >= 4 is 6.21 Å². The highest BCUT2D eigenvalue weighted by molar-refractivity contribution is 5.58. The van der Waals surface area contributed by atoms with Gasteiger partial charge in [-0.15, -0.1) is 0 Å². The number of phenols is 1. The van der Waals surface area contributed by atoms with Crippen LogP contribution in [0.5, 0.6) is 5.75 Å². The third-order valence-corrected chi connectivity index (χ3v) is 4.94. The number of nitrogens with zero attached hydrogens (tertiary/aromatic N) is 1. The number of hydrogen-bond acceptors (Lipinski definition) is 3. The second kappa shape index (κ2) is 10.8. The Morgan fingerprint density at radius 3 is 2.00 bits per heavy atom. The van der Waals surface area contributed by atoms with Crippen molar-refractivity contribution in [3.8, 4) is 5.75 Å². The van der Waals surface area contributed by atoms with E-state index in [4.69, 9.17) is 0 Å². The highest BCUT2D eigenvalue weighted by Gasteiger charge is 2.26. The van der Waals surface area contributed by atoms with Gasteiger partial charge in [-0.2, -0.15) is 0 Å². The summed E-state index contributed by atoms with van der Waals surface area (Å²) in [5.41, 5.74) is 3.25. The number of benzene rings is 1. The molecule has 1 aromatic carbocycles. The van der Waals surface area contributed by atoms with Crippen molar-refractivity contribution in [3.63, 3.8) is 0 Å². The van der Waals surface area contributed by atoms with Gasteiger partial charge in [0.05, 0.1) is 0 Å². The van der Waals surface area contributed by atoms with E-state index < -0.39 is 0 Å². The van der Waals surface area contributed by atoms with Crippen LogP contribution in [0.1, 0.15) is 90.3 Å². The standard InChI is InChI=1S/C24H42N2O/c1-23(2,3)20-17-19(18-21(22(20)27)24(4,5)6)13-12-16-26-15-11-9-8-10-14-25-7/h16-18,25,27H,8-15H2,1-7H3. The molecule has 3 nitrogen and oxygen atoms in total. The van der Waals surface area contributed by atoms with Crippen LogP contribution in [-0.2, 0) is 17.3 Å². The summed E-state index contributed by atoms with van der Waals surface area (Å²) >= 11 is 0. The molecular weight excluding hydrogens is 332 g/mol. The predicted molar refractivity (Wildman–Crippen MR) is 120 cm³/mol. The third kappa shape index (κ3) is 8.47. The molecule has 0 aliphatic carbocycles. The first-order valence-electron chi connectivity index (χ1n) is 10.6. The molecule has 0 bridgehead atoms. The van der Waals surface area contributed by atoms with Gasteiger partial charge < -0.3 is 10.4 Å². The van der Waals surface area contributed by atoms with Crippen molar-refractivity contribution in [2.24, 2.45) is 4.99 Å². The SMILES string of the molecule is CNCCCCCCN=CCCc1cc(C(C)(C)C)c(O)c(C(C)(C)C)c1. The molecule has 0 saturated carbocycles. The van der Waals surface area contributed by atoms with E-state index in [2.05, 4.69) is 70.2 Å². The Kier molecular flexibility index (Phi) is 9.52. The van der Waals surface area contributed by atoms with E-state index in [9.17, 15) is 5.11 Å². The van der Waals surface area contributed by atoms with Crippen molar-refractivity contribution in [1.29, 1.82) is 0 Å². The largest absolute Gasteiger partial charge is 0.507 e. The molecule has 0 heterocycles. The number of phenolic OH excluding ortho intramolecular Hbond substituents is 1. The highest BCUT2D eigenvalue weighted by atomic mass is 16.3. The van der Waals surface area contributed by atoms with Gasteiger partial charge in [0.15, 0.2) is 0 Å². The Labute approximate surface area is 167 Å². The fraction of sp³-hybridized carbons (Fsp3) is 0.708. The quantitative estimate of drug-likeness (QED) is 0.403. The molecule has 154 valence electrons.